The quantitative estimate of drug-likeness (QED) is 0.390. The summed E-state index contributed by atoms with van der Waals surface area (Å²) < 4.78 is 13.3. The summed E-state index contributed by atoms with van der Waals surface area (Å²) in [4.78, 5) is 52.7. The van der Waals surface area contributed by atoms with Crippen LogP contribution in [-0.2, 0) is 9.59 Å². The van der Waals surface area contributed by atoms with Gasteiger partial charge in [0.15, 0.2) is 5.78 Å². The molecule has 2 aromatic carbocycles. The van der Waals surface area contributed by atoms with Crippen molar-refractivity contribution in [3.8, 4) is 0 Å². The van der Waals surface area contributed by atoms with Crippen molar-refractivity contribution in [1.82, 2.24) is 10.0 Å². The van der Waals surface area contributed by atoms with E-state index in [1.165, 1.54) is 36.4 Å². The molecule has 0 unspecified atom stereocenters. The fourth-order valence-electron chi connectivity index (χ4n) is 4.21. The van der Waals surface area contributed by atoms with E-state index in [1.807, 2.05) is 19.1 Å². The van der Waals surface area contributed by atoms with Crippen LogP contribution in [0.4, 0.5) is 4.39 Å². The maximum absolute atomic E-state index is 13.4. The number of hydrazine groups is 1. The lowest BCUT2D eigenvalue weighted by atomic mass is 9.78. The summed E-state index contributed by atoms with van der Waals surface area (Å²) in [5.74, 6) is -4.08. The van der Waals surface area contributed by atoms with Gasteiger partial charge in [-0.05, 0) is 60.9 Å². The van der Waals surface area contributed by atoms with Crippen molar-refractivity contribution in [2.24, 2.45) is 17.8 Å². The summed E-state index contributed by atoms with van der Waals surface area (Å²) in [7, 11) is 0. The third-order valence-electron chi connectivity index (χ3n) is 5.88. The van der Waals surface area contributed by atoms with Crippen LogP contribution < -0.4 is 0 Å². The number of rotatable bonds is 5. The van der Waals surface area contributed by atoms with Crippen molar-refractivity contribution >= 4 is 35.1 Å². The Labute approximate surface area is 189 Å². The number of hydrogen-bond donors (Lipinski definition) is 0. The van der Waals surface area contributed by atoms with E-state index in [0.29, 0.717) is 11.4 Å². The van der Waals surface area contributed by atoms with Crippen LogP contribution in [0.5, 0.6) is 0 Å². The molecule has 0 saturated carbocycles. The van der Waals surface area contributed by atoms with Crippen LogP contribution >= 0.6 is 11.6 Å². The molecule has 4 rings (SSSR count). The lowest BCUT2D eigenvalue weighted by Crippen LogP contribution is -2.52. The Kier molecular flexibility index (Phi) is 5.93. The van der Waals surface area contributed by atoms with E-state index in [1.54, 1.807) is 0 Å². The zero-order valence-electron chi connectivity index (χ0n) is 17.2. The van der Waals surface area contributed by atoms with Crippen molar-refractivity contribution < 1.29 is 23.6 Å². The molecule has 1 aliphatic heterocycles. The first kappa shape index (κ1) is 21.9. The maximum atomic E-state index is 13.4. The van der Waals surface area contributed by atoms with E-state index < -0.39 is 47.7 Å². The minimum atomic E-state index is -0.682. The number of amides is 3. The van der Waals surface area contributed by atoms with Gasteiger partial charge in [-0.3, -0.25) is 19.2 Å². The zero-order valence-corrected chi connectivity index (χ0v) is 18.0. The van der Waals surface area contributed by atoms with Gasteiger partial charge in [0, 0.05) is 16.1 Å². The van der Waals surface area contributed by atoms with Crippen LogP contribution in [0.25, 0.3) is 0 Å². The SMILES string of the molecule is C[C@@H]1C=CC[C@@H]2C(=O)N(N(CC(=O)c3ccc(F)cc3)C(=O)c3ccc(Cl)cc3)C(=O)[C@@H]12. The lowest BCUT2D eigenvalue weighted by molar-refractivity contribution is -0.154. The fourth-order valence-corrected chi connectivity index (χ4v) is 4.33. The number of carbonyl (C=O) groups excluding carboxylic acids is 4. The van der Waals surface area contributed by atoms with Crippen LogP contribution in [0.3, 0.4) is 0 Å². The first-order valence-electron chi connectivity index (χ1n) is 10.2. The number of hydrogen-bond acceptors (Lipinski definition) is 4. The molecular weight excluding hydrogens is 435 g/mol. The van der Waals surface area contributed by atoms with E-state index in [2.05, 4.69) is 0 Å². The number of halogens is 2. The molecule has 0 N–H and O–H groups in total. The van der Waals surface area contributed by atoms with Crippen molar-refractivity contribution in [2.45, 2.75) is 13.3 Å². The smallest absolute Gasteiger partial charge is 0.273 e. The number of Topliss-reactive ketones (excluding diaryl/α,β-unsaturated/α-hetero) is 1. The number of nitrogens with zero attached hydrogens (tertiary/aromatic N) is 2. The largest absolute Gasteiger partial charge is 0.292 e. The Balaban J connectivity index is 1.70. The molecule has 1 aliphatic carbocycles. The van der Waals surface area contributed by atoms with Gasteiger partial charge in [-0.15, -0.1) is 0 Å². The Hall–Kier alpha value is -3.32. The summed E-state index contributed by atoms with van der Waals surface area (Å²) in [5, 5.41) is 2.12. The van der Waals surface area contributed by atoms with E-state index in [0.717, 1.165) is 22.2 Å². The van der Waals surface area contributed by atoms with E-state index >= 15 is 0 Å². The summed E-state index contributed by atoms with van der Waals surface area (Å²) >= 11 is 5.91. The molecule has 0 spiro atoms. The molecule has 0 aromatic heterocycles. The number of allylic oxidation sites excluding steroid dienone is 2. The van der Waals surface area contributed by atoms with Gasteiger partial charge in [0.05, 0.1) is 11.8 Å². The highest BCUT2D eigenvalue weighted by molar-refractivity contribution is 6.30. The Bertz CT molecular complexity index is 1110. The number of fused-ring (bicyclic) bond motifs is 1. The first-order chi connectivity index (χ1) is 15.3. The predicted octanol–water partition coefficient (Wildman–Crippen LogP) is 3.92. The summed E-state index contributed by atoms with van der Waals surface area (Å²) in [6.45, 7) is 1.29. The molecule has 1 fully saturated rings. The molecule has 6 nitrogen and oxygen atoms in total. The van der Waals surface area contributed by atoms with Crippen LogP contribution in [0.2, 0.25) is 5.02 Å². The minimum absolute atomic E-state index is 0.159. The van der Waals surface area contributed by atoms with Crippen LogP contribution in [0.1, 0.15) is 34.1 Å². The third kappa shape index (κ3) is 3.96. The molecule has 8 heteroatoms. The van der Waals surface area contributed by atoms with E-state index in [-0.39, 0.29) is 17.0 Å². The second kappa shape index (κ2) is 8.67. The van der Waals surface area contributed by atoms with Crippen LogP contribution in [0.15, 0.2) is 60.7 Å². The van der Waals surface area contributed by atoms with Gasteiger partial charge in [0.1, 0.15) is 12.4 Å². The van der Waals surface area contributed by atoms with Gasteiger partial charge in [-0.25, -0.2) is 9.40 Å². The van der Waals surface area contributed by atoms with Crippen LogP contribution in [-0.4, -0.2) is 40.1 Å². The molecular formula is C24H20ClFN2O4. The zero-order chi connectivity index (χ0) is 23.0. The number of benzene rings is 2. The van der Waals surface area contributed by atoms with E-state index in [4.69, 9.17) is 11.6 Å². The average molecular weight is 455 g/mol. The van der Waals surface area contributed by atoms with Crippen molar-refractivity contribution in [1.29, 1.82) is 0 Å². The molecule has 2 aliphatic rings. The minimum Gasteiger partial charge on any atom is -0.292 e. The second-order valence-corrected chi connectivity index (χ2v) is 8.38. The number of carbonyl (C=O) groups is 4. The highest BCUT2D eigenvalue weighted by atomic mass is 35.5. The molecule has 0 bridgehead atoms. The summed E-state index contributed by atoms with van der Waals surface area (Å²) in [6, 6.07) is 10.8. The third-order valence-corrected chi connectivity index (χ3v) is 6.13. The molecule has 164 valence electrons. The number of imide groups is 1. The topological polar surface area (TPSA) is 74.8 Å². The van der Waals surface area contributed by atoms with Gasteiger partial charge in [-0.1, -0.05) is 30.7 Å². The van der Waals surface area contributed by atoms with Crippen molar-refractivity contribution in [3.63, 3.8) is 0 Å². The molecule has 3 atom stereocenters. The van der Waals surface area contributed by atoms with Crippen molar-refractivity contribution in [3.05, 3.63) is 82.6 Å². The van der Waals surface area contributed by atoms with Gasteiger partial charge in [0.2, 0.25) is 0 Å². The highest BCUT2D eigenvalue weighted by Gasteiger charge is 2.53. The molecule has 1 saturated heterocycles. The Morgan fingerprint density at radius 2 is 1.66 bits per heavy atom. The number of ketones is 1. The molecule has 32 heavy (non-hydrogen) atoms. The Morgan fingerprint density at radius 3 is 2.28 bits per heavy atom. The summed E-state index contributed by atoms with van der Waals surface area (Å²) in [6.07, 6.45) is 4.13. The average Bonchev–Trinajstić information content (AvgIpc) is 3.03. The lowest BCUT2D eigenvalue weighted by Gasteiger charge is -2.30. The normalized spacial score (nSPS) is 22.1. The highest BCUT2D eigenvalue weighted by Crippen LogP contribution is 2.39. The molecule has 0 radical (unpaired) electrons. The molecule has 3 amide bonds. The van der Waals surface area contributed by atoms with Crippen molar-refractivity contribution in [2.75, 3.05) is 6.54 Å². The second-order valence-electron chi connectivity index (χ2n) is 7.94. The molecule has 2 aromatic rings. The van der Waals surface area contributed by atoms with E-state index in [9.17, 15) is 23.6 Å². The molecule has 1 heterocycles. The fraction of sp³-hybridized carbons (Fsp3) is 0.250. The standard InChI is InChI=1S/C24H20ClFN2O4/c1-14-3-2-4-19-21(14)24(32)28(23(19)31)27(22(30)16-5-9-17(25)10-6-16)13-20(29)15-7-11-18(26)12-8-15/h2-3,5-12,14,19,21H,4,13H2,1H3/t14-,19+,21+/m1/s1. The van der Waals surface area contributed by atoms with Gasteiger partial charge < -0.3 is 0 Å². The first-order valence-corrected chi connectivity index (χ1v) is 10.6. The predicted molar refractivity (Wildman–Crippen MR) is 115 cm³/mol. The Morgan fingerprint density at radius 1 is 1.03 bits per heavy atom. The monoisotopic (exact) mass is 454 g/mol. The summed E-state index contributed by atoms with van der Waals surface area (Å²) in [5.41, 5.74) is 0.329. The van der Waals surface area contributed by atoms with Gasteiger partial charge in [-0.2, -0.15) is 5.01 Å². The maximum Gasteiger partial charge on any atom is 0.273 e. The van der Waals surface area contributed by atoms with Gasteiger partial charge >= 0.3 is 0 Å². The van der Waals surface area contributed by atoms with Gasteiger partial charge in [0.25, 0.3) is 17.7 Å². The van der Waals surface area contributed by atoms with Crippen LogP contribution in [0, 0.1) is 23.6 Å².